The lowest BCUT2D eigenvalue weighted by Gasteiger charge is -2.12. The average Bonchev–Trinajstić information content (AvgIpc) is 2.57. The topological polar surface area (TPSA) is 89.5 Å². The molecule has 0 saturated heterocycles. The molecule has 7 nitrogen and oxygen atoms in total. The molecule has 0 saturated carbocycles. The fourth-order valence-electron chi connectivity index (χ4n) is 1.19. The van der Waals surface area contributed by atoms with Crippen LogP contribution in [0.15, 0.2) is 30.4 Å². The van der Waals surface area contributed by atoms with Crippen LogP contribution in [0.3, 0.4) is 0 Å². The summed E-state index contributed by atoms with van der Waals surface area (Å²) in [6.45, 7) is 1.46. The summed E-state index contributed by atoms with van der Waals surface area (Å²) in [5.74, 6) is -2.20. The molecule has 7 heteroatoms. The molecule has 1 aliphatic rings. The van der Waals surface area contributed by atoms with Crippen molar-refractivity contribution in [2.45, 2.75) is 6.92 Å². The third kappa shape index (κ3) is 2.03. The van der Waals surface area contributed by atoms with E-state index in [2.05, 4.69) is 14.8 Å². The van der Waals surface area contributed by atoms with Gasteiger partial charge >= 0.3 is 5.97 Å². The molecule has 17 heavy (non-hydrogen) atoms. The van der Waals surface area contributed by atoms with Crippen LogP contribution < -0.4 is 0 Å². The molecule has 0 atom stereocenters. The van der Waals surface area contributed by atoms with Crippen molar-refractivity contribution in [2.75, 3.05) is 0 Å². The van der Waals surface area contributed by atoms with Gasteiger partial charge in [0.05, 0.1) is 5.56 Å². The van der Waals surface area contributed by atoms with Gasteiger partial charge in [-0.2, -0.15) is 0 Å². The van der Waals surface area contributed by atoms with E-state index in [-0.39, 0.29) is 11.1 Å². The predicted molar refractivity (Wildman–Crippen MR) is 53.1 cm³/mol. The van der Waals surface area contributed by atoms with Crippen LogP contribution in [0.1, 0.15) is 17.3 Å². The summed E-state index contributed by atoms with van der Waals surface area (Å²) < 4.78 is 0. The lowest BCUT2D eigenvalue weighted by molar-refractivity contribution is -0.171. The highest BCUT2D eigenvalue weighted by atomic mass is 16.7. The second-order valence-corrected chi connectivity index (χ2v) is 3.27. The van der Waals surface area contributed by atoms with Gasteiger partial charge in [0.25, 0.3) is 11.8 Å². The van der Waals surface area contributed by atoms with Crippen LogP contribution in [0.2, 0.25) is 0 Å². The highest BCUT2D eigenvalue weighted by molar-refractivity contribution is 6.15. The number of hydrogen-bond donors (Lipinski definition) is 0. The average molecular weight is 233 g/mol. The molecule has 1 aromatic rings. The SMILES string of the molecule is CC1=CC(=O)N(OC(=O)c2cncnc2)C1=O. The molecule has 86 valence electrons. The molecule has 0 fully saturated rings. The fraction of sp³-hybridized carbons (Fsp3) is 0.100. The first-order chi connectivity index (χ1) is 8.09. The quantitative estimate of drug-likeness (QED) is 0.660. The number of amides is 2. The Kier molecular flexibility index (Phi) is 2.65. The van der Waals surface area contributed by atoms with Crippen LogP contribution in [-0.2, 0) is 14.4 Å². The van der Waals surface area contributed by atoms with E-state index in [0.29, 0.717) is 5.06 Å². The summed E-state index contributed by atoms with van der Waals surface area (Å²) in [6.07, 6.45) is 4.78. The molecule has 1 aromatic heterocycles. The summed E-state index contributed by atoms with van der Waals surface area (Å²) in [7, 11) is 0. The van der Waals surface area contributed by atoms with Gasteiger partial charge in [-0.1, -0.05) is 5.06 Å². The van der Waals surface area contributed by atoms with E-state index in [9.17, 15) is 14.4 Å². The summed E-state index contributed by atoms with van der Waals surface area (Å²) in [4.78, 5) is 46.1. The van der Waals surface area contributed by atoms with Gasteiger partial charge in [0.15, 0.2) is 0 Å². The van der Waals surface area contributed by atoms with Gasteiger partial charge in [0.1, 0.15) is 6.33 Å². The molecule has 2 amide bonds. The van der Waals surface area contributed by atoms with E-state index >= 15 is 0 Å². The van der Waals surface area contributed by atoms with Crippen molar-refractivity contribution < 1.29 is 19.2 Å². The lowest BCUT2D eigenvalue weighted by Crippen LogP contribution is -2.33. The molecule has 0 bridgehead atoms. The van der Waals surface area contributed by atoms with Gasteiger partial charge in [0, 0.05) is 24.0 Å². The molecule has 0 aliphatic carbocycles. The van der Waals surface area contributed by atoms with Crippen LogP contribution in [0, 0.1) is 0 Å². The van der Waals surface area contributed by atoms with E-state index in [4.69, 9.17) is 0 Å². The van der Waals surface area contributed by atoms with Gasteiger partial charge in [0.2, 0.25) is 0 Å². The number of aromatic nitrogens is 2. The van der Waals surface area contributed by atoms with Crippen LogP contribution in [0.4, 0.5) is 0 Å². The van der Waals surface area contributed by atoms with Crippen molar-refractivity contribution in [2.24, 2.45) is 0 Å². The maximum Gasteiger partial charge on any atom is 0.367 e. The number of rotatable bonds is 2. The van der Waals surface area contributed by atoms with Crippen LogP contribution >= 0.6 is 0 Å². The molecule has 2 heterocycles. The van der Waals surface area contributed by atoms with Crippen molar-refractivity contribution in [3.8, 4) is 0 Å². The van der Waals surface area contributed by atoms with Crippen LogP contribution in [0.25, 0.3) is 0 Å². The monoisotopic (exact) mass is 233 g/mol. The maximum absolute atomic E-state index is 11.5. The smallest absolute Gasteiger partial charge is 0.324 e. The minimum Gasteiger partial charge on any atom is -0.324 e. The normalized spacial score (nSPS) is 14.9. The van der Waals surface area contributed by atoms with Crippen molar-refractivity contribution >= 4 is 17.8 Å². The standard InChI is InChI=1S/C10H7N3O4/c1-6-2-8(14)13(9(6)15)17-10(16)7-3-11-5-12-4-7/h2-5H,1H3. The minimum absolute atomic E-state index is 0.0534. The Bertz CT molecular complexity index is 524. The summed E-state index contributed by atoms with van der Waals surface area (Å²) >= 11 is 0. The number of carbonyl (C=O) groups is 3. The number of imide groups is 1. The van der Waals surface area contributed by atoms with Crippen LogP contribution in [-0.4, -0.2) is 32.8 Å². The minimum atomic E-state index is -0.865. The Labute approximate surface area is 95.7 Å². The molecule has 0 aromatic carbocycles. The Morgan fingerprint density at radius 2 is 1.94 bits per heavy atom. The predicted octanol–water partition coefficient (Wildman–Crippen LogP) is -0.136. The van der Waals surface area contributed by atoms with Gasteiger partial charge < -0.3 is 4.84 Å². The molecular formula is C10H7N3O4. The Morgan fingerprint density at radius 3 is 2.47 bits per heavy atom. The zero-order chi connectivity index (χ0) is 12.4. The molecule has 0 radical (unpaired) electrons. The Morgan fingerprint density at radius 1 is 1.29 bits per heavy atom. The second-order valence-electron chi connectivity index (χ2n) is 3.27. The van der Waals surface area contributed by atoms with E-state index in [0.717, 1.165) is 6.08 Å². The van der Waals surface area contributed by atoms with Crippen molar-refractivity contribution in [3.63, 3.8) is 0 Å². The summed E-state index contributed by atoms with van der Waals surface area (Å²) in [6, 6.07) is 0. The lowest BCUT2D eigenvalue weighted by atomic mass is 10.3. The molecule has 0 unspecified atom stereocenters. The highest BCUT2D eigenvalue weighted by Gasteiger charge is 2.32. The first-order valence-corrected chi connectivity index (χ1v) is 4.63. The molecule has 0 spiro atoms. The first kappa shape index (κ1) is 10.9. The first-order valence-electron chi connectivity index (χ1n) is 4.63. The summed E-state index contributed by atoms with van der Waals surface area (Å²) in [5.41, 5.74) is 0.268. The Hall–Kier alpha value is -2.57. The maximum atomic E-state index is 11.5. The van der Waals surface area contributed by atoms with Gasteiger partial charge in [-0.3, -0.25) is 9.59 Å². The highest BCUT2D eigenvalue weighted by Crippen LogP contribution is 2.13. The largest absolute Gasteiger partial charge is 0.367 e. The molecular weight excluding hydrogens is 226 g/mol. The number of nitrogens with zero attached hydrogens (tertiary/aromatic N) is 3. The molecule has 0 N–H and O–H groups in total. The van der Waals surface area contributed by atoms with E-state index in [1.807, 2.05) is 0 Å². The van der Waals surface area contributed by atoms with E-state index < -0.39 is 17.8 Å². The number of hydrogen-bond acceptors (Lipinski definition) is 6. The molecule has 1 aliphatic heterocycles. The van der Waals surface area contributed by atoms with Crippen molar-refractivity contribution in [3.05, 3.63) is 35.9 Å². The Balaban J connectivity index is 2.11. The second kappa shape index (κ2) is 4.12. The number of carbonyl (C=O) groups excluding carboxylic acids is 3. The van der Waals surface area contributed by atoms with Crippen LogP contribution in [0.5, 0.6) is 0 Å². The zero-order valence-corrected chi connectivity index (χ0v) is 8.78. The van der Waals surface area contributed by atoms with Gasteiger partial charge in [-0.15, -0.1) is 0 Å². The van der Waals surface area contributed by atoms with Crippen molar-refractivity contribution in [1.82, 2.24) is 15.0 Å². The third-order valence-corrected chi connectivity index (χ3v) is 2.03. The van der Waals surface area contributed by atoms with E-state index in [1.165, 1.54) is 25.6 Å². The fourth-order valence-corrected chi connectivity index (χ4v) is 1.19. The molecule has 2 rings (SSSR count). The zero-order valence-electron chi connectivity index (χ0n) is 8.78. The van der Waals surface area contributed by atoms with E-state index in [1.54, 1.807) is 0 Å². The van der Waals surface area contributed by atoms with Crippen molar-refractivity contribution in [1.29, 1.82) is 0 Å². The third-order valence-electron chi connectivity index (χ3n) is 2.03. The summed E-state index contributed by atoms with van der Waals surface area (Å²) in [5, 5.41) is 0.407. The number of hydroxylamine groups is 2. The van der Waals surface area contributed by atoms with Gasteiger partial charge in [-0.25, -0.2) is 14.8 Å². The van der Waals surface area contributed by atoms with Gasteiger partial charge in [-0.05, 0) is 6.92 Å².